The molecule has 0 radical (unpaired) electrons. The Labute approximate surface area is 196 Å². The van der Waals surface area contributed by atoms with Crippen molar-refractivity contribution in [1.29, 1.82) is 0 Å². The van der Waals surface area contributed by atoms with Gasteiger partial charge in [-0.3, -0.25) is 0 Å². The van der Waals surface area contributed by atoms with Crippen molar-refractivity contribution in [2.75, 3.05) is 29.9 Å². The zero-order valence-corrected chi connectivity index (χ0v) is 19.0. The lowest BCUT2D eigenvalue weighted by molar-refractivity contribution is 0.0782. The number of halogens is 2. The van der Waals surface area contributed by atoms with Gasteiger partial charge in [0.2, 0.25) is 5.95 Å². The van der Waals surface area contributed by atoms with E-state index < -0.39 is 17.7 Å². The molecule has 10 heteroatoms. The summed E-state index contributed by atoms with van der Waals surface area (Å²) >= 11 is 0. The molecule has 2 fully saturated rings. The fraction of sp³-hybridized carbons (Fsp3) is 0.500. The smallest absolute Gasteiger partial charge is 0.242 e. The number of benzene rings is 1. The van der Waals surface area contributed by atoms with E-state index in [4.69, 9.17) is 9.72 Å². The van der Waals surface area contributed by atoms with Crippen molar-refractivity contribution in [1.82, 2.24) is 24.7 Å². The van der Waals surface area contributed by atoms with Crippen LogP contribution >= 0.6 is 0 Å². The second-order valence-corrected chi connectivity index (χ2v) is 9.45. The monoisotopic (exact) mass is 467 g/mol. The van der Waals surface area contributed by atoms with Crippen LogP contribution in [0.2, 0.25) is 0 Å². The van der Waals surface area contributed by atoms with Crippen LogP contribution in [0.1, 0.15) is 42.4 Å². The summed E-state index contributed by atoms with van der Waals surface area (Å²) in [6, 6.07) is 6.44. The molecule has 34 heavy (non-hydrogen) atoms. The molecule has 2 aromatic heterocycles. The highest BCUT2D eigenvalue weighted by molar-refractivity contribution is 5.42. The van der Waals surface area contributed by atoms with E-state index >= 15 is 0 Å². The van der Waals surface area contributed by atoms with E-state index in [2.05, 4.69) is 25.3 Å². The summed E-state index contributed by atoms with van der Waals surface area (Å²) in [4.78, 5) is 15.7. The van der Waals surface area contributed by atoms with Gasteiger partial charge in [-0.05, 0) is 44.1 Å². The van der Waals surface area contributed by atoms with Gasteiger partial charge in [-0.1, -0.05) is 12.1 Å². The van der Waals surface area contributed by atoms with Crippen LogP contribution in [0.5, 0.6) is 0 Å². The number of rotatable bonds is 4. The van der Waals surface area contributed by atoms with Crippen LogP contribution < -0.4 is 10.2 Å². The lowest BCUT2D eigenvalue weighted by Crippen LogP contribution is -2.48. The van der Waals surface area contributed by atoms with Crippen molar-refractivity contribution < 1.29 is 13.5 Å². The van der Waals surface area contributed by atoms with Gasteiger partial charge in [0.05, 0.1) is 0 Å². The minimum atomic E-state index is -0.899. The highest BCUT2D eigenvalue weighted by Gasteiger charge is 2.43. The minimum absolute atomic E-state index is 0.149. The molecule has 8 nitrogen and oxygen atoms in total. The van der Waals surface area contributed by atoms with E-state index in [1.54, 1.807) is 17.1 Å². The number of ether oxygens (including phenoxy) is 1. The van der Waals surface area contributed by atoms with E-state index in [0.29, 0.717) is 36.8 Å². The Kier molecular flexibility index (Phi) is 5.40. The van der Waals surface area contributed by atoms with Gasteiger partial charge in [-0.2, -0.15) is 4.98 Å². The topological polar surface area (TPSA) is 81.0 Å². The zero-order valence-electron chi connectivity index (χ0n) is 19.0. The van der Waals surface area contributed by atoms with Crippen molar-refractivity contribution in [3.05, 3.63) is 59.3 Å². The predicted molar refractivity (Wildman–Crippen MR) is 121 cm³/mol. The molecule has 1 saturated heterocycles. The molecule has 1 saturated carbocycles. The van der Waals surface area contributed by atoms with Crippen LogP contribution in [0.3, 0.4) is 0 Å². The highest BCUT2D eigenvalue weighted by atomic mass is 19.2. The molecule has 3 aliphatic rings. The summed E-state index contributed by atoms with van der Waals surface area (Å²) in [5.74, 6) is 1.11. The third-order valence-corrected chi connectivity index (χ3v) is 7.24. The molecule has 178 valence electrons. The number of anilines is 2. The number of aromatic nitrogens is 5. The Morgan fingerprint density at radius 3 is 2.74 bits per heavy atom. The van der Waals surface area contributed by atoms with Gasteiger partial charge in [0, 0.05) is 49.6 Å². The Hall–Kier alpha value is -3.14. The predicted octanol–water partition coefficient (Wildman–Crippen LogP) is 3.49. The lowest BCUT2D eigenvalue weighted by Gasteiger charge is -2.38. The SMILES string of the molecule is Cc1cc(N2C[C@H]3CC[C@@H](C2)[C@@H]3Nc2nc3n(n2)CCCO[C@@H]3c2cccc(F)c2F)ncn1. The number of nitrogens with one attached hydrogen (secondary N) is 1. The maximum Gasteiger partial charge on any atom is 0.242 e. The molecule has 2 bridgehead atoms. The highest BCUT2D eigenvalue weighted by Crippen LogP contribution is 2.40. The minimum Gasteiger partial charge on any atom is -0.365 e. The fourth-order valence-electron chi connectivity index (χ4n) is 5.62. The summed E-state index contributed by atoms with van der Waals surface area (Å²) in [6.45, 7) is 4.86. The molecule has 4 heterocycles. The van der Waals surface area contributed by atoms with Crippen LogP contribution in [0.15, 0.2) is 30.6 Å². The second kappa shape index (κ2) is 8.57. The first-order valence-corrected chi connectivity index (χ1v) is 11.9. The first kappa shape index (κ1) is 21.4. The number of nitrogens with zero attached hydrogens (tertiary/aromatic N) is 6. The van der Waals surface area contributed by atoms with E-state index in [9.17, 15) is 8.78 Å². The standard InChI is InChI=1S/C24H27F2N7O/c1-14-10-19(28-13-27-14)32-11-15-6-7-16(12-32)21(15)29-24-30-23-22(34-9-3-8-33(23)31-24)17-4-2-5-18(25)20(17)26/h2,4-5,10,13,15-16,21-22H,3,6-9,11-12H2,1H3,(H,29,31)/t15-,16+,21-,22-/m1/s1. The molecule has 3 aromatic rings. The molecule has 1 N–H and O–H groups in total. The van der Waals surface area contributed by atoms with Crippen LogP contribution in [0.4, 0.5) is 20.5 Å². The van der Waals surface area contributed by atoms with E-state index in [1.807, 2.05) is 13.0 Å². The molecular formula is C24H27F2N7O. The first-order chi connectivity index (χ1) is 16.6. The lowest BCUT2D eigenvalue weighted by atomic mass is 9.92. The fourth-order valence-corrected chi connectivity index (χ4v) is 5.62. The van der Waals surface area contributed by atoms with Gasteiger partial charge >= 0.3 is 0 Å². The molecule has 4 atom stereocenters. The molecular weight excluding hydrogens is 440 g/mol. The summed E-state index contributed by atoms with van der Waals surface area (Å²) < 4.78 is 36.1. The summed E-state index contributed by atoms with van der Waals surface area (Å²) in [5.41, 5.74) is 1.11. The van der Waals surface area contributed by atoms with E-state index in [0.717, 1.165) is 49.9 Å². The number of piperidine rings is 1. The summed E-state index contributed by atoms with van der Waals surface area (Å²) in [5, 5.41) is 8.26. The average molecular weight is 468 g/mol. The normalized spacial score (nSPS) is 26.3. The Balaban J connectivity index is 1.23. The maximum atomic E-state index is 14.6. The largest absolute Gasteiger partial charge is 0.365 e. The van der Waals surface area contributed by atoms with E-state index in [1.165, 1.54) is 6.07 Å². The first-order valence-electron chi connectivity index (χ1n) is 11.9. The number of hydrogen-bond acceptors (Lipinski definition) is 7. The van der Waals surface area contributed by atoms with Crippen LogP contribution in [-0.4, -0.2) is 50.5 Å². The van der Waals surface area contributed by atoms with Gasteiger partial charge in [0.15, 0.2) is 17.5 Å². The van der Waals surface area contributed by atoms with Gasteiger partial charge in [0.1, 0.15) is 18.2 Å². The van der Waals surface area contributed by atoms with Gasteiger partial charge < -0.3 is 15.0 Å². The van der Waals surface area contributed by atoms with Gasteiger partial charge in [0.25, 0.3) is 0 Å². The van der Waals surface area contributed by atoms with E-state index in [-0.39, 0.29) is 11.6 Å². The molecule has 6 rings (SSSR count). The van der Waals surface area contributed by atoms with Crippen LogP contribution in [0, 0.1) is 30.4 Å². The molecule has 0 spiro atoms. The van der Waals surface area contributed by atoms with Crippen molar-refractivity contribution in [2.24, 2.45) is 11.8 Å². The Morgan fingerprint density at radius 2 is 1.94 bits per heavy atom. The summed E-state index contributed by atoms with van der Waals surface area (Å²) in [7, 11) is 0. The van der Waals surface area contributed by atoms with Crippen molar-refractivity contribution >= 4 is 11.8 Å². The molecule has 0 amide bonds. The third-order valence-electron chi connectivity index (χ3n) is 7.24. The van der Waals surface area contributed by atoms with Crippen molar-refractivity contribution in [3.63, 3.8) is 0 Å². The van der Waals surface area contributed by atoms with Gasteiger partial charge in [-0.15, -0.1) is 5.10 Å². The molecule has 1 aromatic carbocycles. The van der Waals surface area contributed by atoms with Crippen molar-refractivity contribution in [2.45, 2.75) is 44.9 Å². The Morgan fingerprint density at radius 1 is 1.12 bits per heavy atom. The van der Waals surface area contributed by atoms with Gasteiger partial charge in [-0.25, -0.2) is 23.4 Å². The molecule has 1 aliphatic carbocycles. The average Bonchev–Trinajstić information content (AvgIpc) is 3.23. The second-order valence-electron chi connectivity index (χ2n) is 9.45. The summed E-state index contributed by atoms with van der Waals surface area (Å²) in [6.07, 6.45) is 3.83. The van der Waals surface area contributed by atoms with Crippen LogP contribution in [-0.2, 0) is 11.3 Å². The number of aryl methyl sites for hydroxylation is 2. The van der Waals surface area contributed by atoms with Crippen LogP contribution in [0.25, 0.3) is 0 Å². The zero-order chi connectivity index (χ0) is 23.2. The quantitative estimate of drug-likeness (QED) is 0.629. The molecule has 2 aliphatic heterocycles. The number of hydrogen-bond donors (Lipinski definition) is 1. The third kappa shape index (κ3) is 3.79. The number of fused-ring (bicyclic) bond motifs is 3. The maximum absolute atomic E-state index is 14.6. The van der Waals surface area contributed by atoms with Crippen molar-refractivity contribution in [3.8, 4) is 0 Å². The Bertz CT molecular complexity index is 1190. The molecule has 0 unspecified atom stereocenters.